The summed E-state index contributed by atoms with van der Waals surface area (Å²) in [6.07, 6.45) is 1.35. The van der Waals surface area contributed by atoms with E-state index in [9.17, 15) is 18.0 Å². The van der Waals surface area contributed by atoms with Crippen LogP contribution in [0.5, 0.6) is 17.5 Å². The molecule has 0 aliphatic carbocycles. The SMILES string of the molecule is CCS(=O)(=O)c1ccc(Oc2cc(C(=O)Nc3ccc(CC(=O)OC)cn3)cc(OC(C)C)n2)cc1. The van der Waals surface area contributed by atoms with Crippen molar-refractivity contribution in [2.45, 2.75) is 38.2 Å². The van der Waals surface area contributed by atoms with E-state index in [-0.39, 0.29) is 46.3 Å². The molecule has 0 atom stereocenters. The highest BCUT2D eigenvalue weighted by Gasteiger charge is 2.15. The number of hydrogen-bond donors (Lipinski definition) is 1. The van der Waals surface area contributed by atoms with Crippen molar-refractivity contribution >= 4 is 27.5 Å². The molecule has 1 N–H and O–H groups in total. The predicted molar refractivity (Wildman–Crippen MR) is 132 cm³/mol. The highest BCUT2D eigenvalue weighted by molar-refractivity contribution is 7.91. The lowest BCUT2D eigenvalue weighted by atomic mass is 10.2. The molecule has 2 aromatic heterocycles. The number of methoxy groups -OCH3 is 1. The second kappa shape index (κ2) is 11.6. The van der Waals surface area contributed by atoms with Crippen LogP contribution < -0.4 is 14.8 Å². The van der Waals surface area contributed by atoms with Gasteiger partial charge in [0.2, 0.25) is 11.8 Å². The number of anilines is 1. The van der Waals surface area contributed by atoms with Crippen LogP contribution in [0.1, 0.15) is 36.7 Å². The molecular formula is C25H27N3O7S. The zero-order chi connectivity index (χ0) is 26.3. The van der Waals surface area contributed by atoms with Gasteiger partial charge in [-0.15, -0.1) is 0 Å². The van der Waals surface area contributed by atoms with Gasteiger partial charge in [0.15, 0.2) is 9.84 Å². The summed E-state index contributed by atoms with van der Waals surface area (Å²) in [6, 6.07) is 12.1. The number of nitrogens with zero attached hydrogens (tertiary/aromatic N) is 2. The van der Waals surface area contributed by atoms with E-state index in [0.29, 0.717) is 11.3 Å². The fraction of sp³-hybridized carbons (Fsp3) is 0.280. The standard InChI is InChI=1S/C25H27N3O7S/c1-5-36(31,32)20-9-7-19(8-10-20)35-23-14-18(13-22(28-23)34-16(2)3)25(30)27-21-11-6-17(15-26-21)12-24(29)33-4/h6-11,13-16H,5,12H2,1-4H3,(H,26,27,30). The van der Waals surface area contributed by atoms with Crippen molar-refractivity contribution in [2.75, 3.05) is 18.2 Å². The van der Waals surface area contributed by atoms with E-state index in [1.807, 2.05) is 13.8 Å². The Kier molecular flexibility index (Phi) is 8.59. The molecule has 3 aromatic rings. The number of pyridine rings is 2. The first-order valence-corrected chi connectivity index (χ1v) is 12.8. The average molecular weight is 514 g/mol. The summed E-state index contributed by atoms with van der Waals surface area (Å²) in [5, 5.41) is 2.68. The number of hydrogen-bond acceptors (Lipinski definition) is 9. The maximum atomic E-state index is 12.9. The van der Waals surface area contributed by atoms with Gasteiger partial charge in [-0.05, 0) is 49.7 Å². The molecule has 0 fully saturated rings. The van der Waals surface area contributed by atoms with E-state index in [4.69, 9.17) is 9.47 Å². The van der Waals surface area contributed by atoms with Crippen LogP contribution in [0.25, 0.3) is 0 Å². The number of rotatable bonds is 10. The minimum absolute atomic E-state index is 0.00925. The summed E-state index contributed by atoms with van der Waals surface area (Å²) in [5.74, 6) is 0.0149. The molecule has 0 spiro atoms. The predicted octanol–water partition coefficient (Wildman–Crippen LogP) is 3.82. The molecule has 1 amide bonds. The Morgan fingerprint density at radius 2 is 1.72 bits per heavy atom. The summed E-state index contributed by atoms with van der Waals surface area (Å²) in [7, 11) is -2.03. The molecule has 0 saturated carbocycles. The van der Waals surface area contributed by atoms with Crippen molar-refractivity contribution in [1.82, 2.24) is 9.97 Å². The first kappa shape index (κ1) is 26.6. The van der Waals surface area contributed by atoms with Crippen LogP contribution in [0.4, 0.5) is 5.82 Å². The van der Waals surface area contributed by atoms with Crippen molar-refractivity contribution < 1.29 is 32.2 Å². The zero-order valence-corrected chi connectivity index (χ0v) is 21.2. The molecular weight excluding hydrogens is 486 g/mol. The number of esters is 1. The van der Waals surface area contributed by atoms with Crippen molar-refractivity contribution in [2.24, 2.45) is 0 Å². The molecule has 0 bridgehead atoms. The van der Waals surface area contributed by atoms with Gasteiger partial charge in [-0.3, -0.25) is 9.59 Å². The summed E-state index contributed by atoms with van der Waals surface area (Å²) >= 11 is 0. The molecule has 10 nitrogen and oxygen atoms in total. The Morgan fingerprint density at radius 1 is 1.03 bits per heavy atom. The van der Waals surface area contributed by atoms with Crippen molar-refractivity contribution in [1.29, 1.82) is 0 Å². The lowest BCUT2D eigenvalue weighted by molar-refractivity contribution is -0.139. The van der Waals surface area contributed by atoms with Crippen LogP contribution in [-0.2, 0) is 25.8 Å². The minimum Gasteiger partial charge on any atom is -0.475 e. The second-order valence-electron chi connectivity index (χ2n) is 7.93. The van der Waals surface area contributed by atoms with E-state index < -0.39 is 21.7 Å². The third-order valence-corrected chi connectivity index (χ3v) is 6.58. The van der Waals surface area contributed by atoms with Gasteiger partial charge >= 0.3 is 5.97 Å². The molecule has 0 unspecified atom stereocenters. The quantitative estimate of drug-likeness (QED) is 0.402. The molecule has 3 rings (SSSR count). The number of carbonyl (C=O) groups excluding carboxylic acids is 2. The van der Waals surface area contributed by atoms with Gasteiger partial charge in [-0.2, -0.15) is 4.98 Å². The number of sulfone groups is 1. The molecule has 0 radical (unpaired) electrons. The van der Waals surface area contributed by atoms with E-state index in [2.05, 4.69) is 20.0 Å². The van der Waals surface area contributed by atoms with Crippen LogP contribution in [0, 0.1) is 0 Å². The monoisotopic (exact) mass is 513 g/mol. The number of nitrogens with one attached hydrogen (secondary N) is 1. The van der Waals surface area contributed by atoms with Gasteiger partial charge in [0.05, 0.1) is 35.8 Å². The molecule has 2 heterocycles. The lowest BCUT2D eigenvalue weighted by Crippen LogP contribution is -2.15. The van der Waals surface area contributed by atoms with Crippen molar-refractivity contribution in [3.63, 3.8) is 0 Å². The van der Waals surface area contributed by atoms with Gasteiger partial charge in [0.25, 0.3) is 5.91 Å². The lowest BCUT2D eigenvalue weighted by Gasteiger charge is -2.13. The second-order valence-corrected chi connectivity index (χ2v) is 10.2. The Hall–Kier alpha value is -3.99. The van der Waals surface area contributed by atoms with Crippen LogP contribution >= 0.6 is 0 Å². The number of benzene rings is 1. The van der Waals surface area contributed by atoms with Crippen molar-refractivity contribution in [3.05, 3.63) is 65.9 Å². The highest BCUT2D eigenvalue weighted by Crippen LogP contribution is 2.26. The molecule has 0 aliphatic rings. The molecule has 1 aromatic carbocycles. The van der Waals surface area contributed by atoms with E-state index in [0.717, 1.165) is 0 Å². The minimum atomic E-state index is -3.34. The first-order valence-electron chi connectivity index (χ1n) is 11.1. The highest BCUT2D eigenvalue weighted by atomic mass is 32.2. The Balaban J connectivity index is 1.81. The first-order chi connectivity index (χ1) is 17.1. The van der Waals surface area contributed by atoms with Gasteiger partial charge in [0.1, 0.15) is 11.6 Å². The van der Waals surface area contributed by atoms with Crippen LogP contribution in [-0.4, -0.2) is 49.2 Å². The smallest absolute Gasteiger partial charge is 0.310 e. The van der Waals surface area contributed by atoms with Crippen LogP contribution in [0.3, 0.4) is 0 Å². The zero-order valence-electron chi connectivity index (χ0n) is 20.3. The van der Waals surface area contributed by atoms with Crippen LogP contribution in [0.2, 0.25) is 0 Å². The fourth-order valence-electron chi connectivity index (χ4n) is 3.00. The maximum absolute atomic E-state index is 12.9. The largest absolute Gasteiger partial charge is 0.475 e. The maximum Gasteiger partial charge on any atom is 0.310 e. The number of aromatic nitrogens is 2. The van der Waals surface area contributed by atoms with E-state index in [1.54, 1.807) is 19.1 Å². The summed E-state index contributed by atoms with van der Waals surface area (Å²) in [4.78, 5) is 33.0. The Morgan fingerprint density at radius 3 is 2.31 bits per heavy atom. The third-order valence-electron chi connectivity index (χ3n) is 4.82. The van der Waals surface area contributed by atoms with Gasteiger partial charge < -0.3 is 19.5 Å². The number of amides is 1. The molecule has 11 heteroatoms. The normalized spacial score (nSPS) is 11.1. The van der Waals surface area contributed by atoms with E-state index in [1.165, 1.54) is 49.7 Å². The summed E-state index contributed by atoms with van der Waals surface area (Å²) in [5.41, 5.74) is 0.853. The Bertz CT molecular complexity index is 1320. The van der Waals surface area contributed by atoms with Gasteiger partial charge in [-0.1, -0.05) is 13.0 Å². The topological polar surface area (TPSA) is 134 Å². The molecule has 0 saturated heterocycles. The summed E-state index contributed by atoms with van der Waals surface area (Å²) in [6.45, 7) is 5.21. The fourth-order valence-corrected chi connectivity index (χ4v) is 3.88. The van der Waals surface area contributed by atoms with Crippen LogP contribution in [0.15, 0.2) is 59.6 Å². The van der Waals surface area contributed by atoms with Crippen molar-refractivity contribution in [3.8, 4) is 17.5 Å². The van der Waals surface area contributed by atoms with Gasteiger partial charge in [0, 0.05) is 18.3 Å². The number of ether oxygens (including phenoxy) is 3. The number of carbonyl (C=O) groups is 2. The third kappa shape index (κ3) is 7.25. The average Bonchev–Trinajstić information content (AvgIpc) is 2.85. The Labute approximate surface area is 209 Å². The summed E-state index contributed by atoms with van der Waals surface area (Å²) < 4.78 is 40.1. The van der Waals surface area contributed by atoms with E-state index >= 15 is 0 Å². The molecule has 36 heavy (non-hydrogen) atoms. The molecule has 190 valence electrons. The molecule has 0 aliphatic heterocycles. The van der Waals surface area contributed by atoms with Gasteiger partial charge in [-0.25, -0.2) is 13.4 Å².